The molecule has 0 aromatic carbocycles. The van der Waals surface area contributed by atoms with Crippen molar-refractivity contribution in [2.24, 2.45) is 0 Å². The summed E-state index contributed by atoms with van der Waals surface area (Å²) in [6.45, 7) is 3.67. The van der Waals surface area contributed by atoms with Crippen molar-refractivity contribution in [3.8, 4) is 0 Å². The molecule has 0 rings (SSSR count). The molecular weight excluding hydrogens is 603 g/mol. The van der Waals surface area contributed by atoms with Gasteiger partial charge in [-0.25, -0.2) is 4.57 Å². The summed E-state index contributed by atoms with van der Waals surface area (Å²) >= 11 is 0. The number of phosphoric acid groups is 1. The number of esters is 2. The predicted octanol–water partition coefficient (Wildman–Crippen LogP) is 11.3. The standard InChI is InChI=1S/C37H73O8P/c1-3-5-7-9-11-13-14-15-16-17-18-19-20-21-22-24-25-27-29-31-36(38)43-33-35(34-44-46(40,41)42)45-37(39)32-30-28-26-23-12-10-8-6-4-2/h35H,3-34H2,1-2H3,(H2,40,41,42)/t35-/m1/s1. The largest absolute Gasteiger partial charge is 0.469 e. The molecule has 0 spiro atoms. The van der Waals surface area contributed by atoms with Gasteiger partial charge in [0.2, 0.25) is 0 Å². The molecule has 0 aromatic rings. The van der Waals surface area contributed by atoms with Gasteiger partial charge in [0.25, 0.3) is 0 Å². The third-order valence-electron chi connectivity index (χ3n) is 8.63. The van der Waals surface area contributed by atoms with Crippen LogP contribution in [0.25, 0.3) is 0 Å². The van der Waals surface area contributed by atoms with E-state index < -0.39 is 32.5 Å². The minimum absolute atomic E-state index is 0.218. The first-order chi connectivity index (χ1) is 22.3. The molecule has 0 aromatic heterocycles. The normalized spacial score (nSPS) is 12.3. The van der Waals surface area contributed by atoms with Crippen LogP contribution >= 0.6 is 7.82 Å². The molecule has 8 nitrogen and oxygen atoms in total. The molecule has 0 heterocycles. The summed E-state index contributed by atoms with van der Waals surface area (Å²) < 4.78 is 26.2. The van der Waals surface area contributed by atoms with Crippen LogP contribution in [0.4, 0.5) is 0 Å². The minimum atomic E-state index is -4.74. The predicted molar refractivity (Wildman–Crippen MR) is 189 cm³/mol. The van der Waals surface area contributed by atoms with Crippen LogP contribution in [-0.4, -0.2) is 41.0 Å². The second-order valence-corrected chi connectivity index (χ2v) is 14.5. The number of hydrogen-bond donors (Lipinski definition) is 2. The summed E-state index contributed by atoms with van der Waals surface area (Å²) in [6.07, 6.45) is 34.1. The first-order valence-electron chi connectivity index (χ1n) is 19.3. The number of phosphoric ester groups is 1. The van der Waals surface area contributed by atoms with Crippen LogP contribution in [0.15, 0.2) is 0 Å². The van der Waals surface area contributed by atoms with E-state index in [1.807, 2.05) is 0 Å². The lowest BCUT2D eigenvalue weighted by Gasteiger charge is -2.18. The van der Waals surface area contributed by atoms with Gasteiger partial charge in [0.1, 0.15) is 6.61 Å². The van der Waals surface area contributed by atoms with E-state index in [1.165, 1.54) is 135 Å². The Balaban J connectivity index is 3.82. The van der Waals surface area contributed by atoms with Gasteiger partial charge in [-0.05, 0) is 12.8 Å². The summed E-state index contributed by atoms with van der Waals surface area (Å²) in [6, 6.07) is 0. The average Bonchev–Trinajstić information content (AvgIpc) is 3.02. The maximum Gasteiger partial charge on any atom is 0.469 e. The SMILES string of the molecule is CCCCCCCCCCCCCCCCCCCCCC(=O)OC[C@H](COP(=O)(O)O)OC(=O)CCCCCCCCCCC. The third-order valence-corrected chi connectivity index (χ3v) is 9.11. The van der Waals surface area contributed by atoms with Crippen LogP contribution in [0.2, 0.25) is 0 Å². The maximum atomic E-state index is 12.3. The van der Waals surface area contributed by atoms with Crippen LogP contribution in [0, 0.1) is 0 Å². The van der Waals surface area contributed by atoms with Crippen molar-refractivity contribution in [3.05, 3.63) is 0 Å². The third kappa shape index (κ3) is 35.9. The molecule has 274 valence electrons. The van der Waals surface area contributed by atoms with Gasteiger partial charge in [0.15, 0.2) is 6.10 Å². The van der Waals surface area contributed by atoms with Gasteiger partial charge in [-0.3, -0.25) is 14.1 Å². The lowest BCUT2D eigenvalue weighted by molar-refractivity contribution is -0.161. The van der Waals surface area contributed by atoms with Gasteiger partial charge >= 0.3 is 19.8 Å². The molecule has 0 amide bonds. The van der Waals surface area contributed by atoms with Gasteiger partial charge in [-0.1, -0.05) is 181 Å². The fraction of sp³-hybridized carbons (Fsp3) is 0.946. The van der Waals surface area contributed by atoms with E-state index >= 15 is 0 Å². The Morgan fingerprint density at radius 3 is 1.11 bits per heavy atom. The Morgan fingerprint density at radius 2 is 0.783 bits per heavy atom. The quantitative estimate of drug-likeness (QED) is 0.0382. The Kier molecular flexibility index (Phi) is 33.2. The highest BCUT2D eigenvalue weighted by Gasteiger charge is 2.22. The number of carbonyl (C=O) groups is 2. The van der Waals surface area contributed by atoms with Crippen molar-refractivity contribution in [2.75, 3.05) is 13.2 Å². The van der Waals surface area contributed by atoms with E-state index in [0.29, 0.717) is 6.42 Å². The fourth-order valence-corrected chi connectivity index (χ4v) is 6.09. The number of ether oxygens (including phenoxy) is 2. The van der Waals surface area contributed by atoms with Crippen LogP contribution in [0.5, 0.6) is 0 Å². The van der Waals surface area contributed by atoms with E-state index in [-0.39, 0.29) is 19.4 Å². The number of rotatable bonds is 36. The fourth-order valence-electron chi connectivity index (χ4n) is 5.73. The molecule has 0 saturated carbocycles. The summed E-state index contributed by atoms with van der Waals surface area (Å²) in [5.41, 5.74) is 0. The van der Waals surface area contributed by atoms with E-state index in [4.69, 9.17) is 19.3 Å². The van der Waals surface area contributed by atoms with Gasteiger partial charge < -0.3 is 19.3 Å². The summed E-state index contributed by atoms with van der Waals surface area (Å²) in [5.74, 6) is -0.875. The van der Waals surface area contributed by atoms with E-state index in [1.54, 1.807) is 0 Å². The zero-order chi connectivity index (χ0) is 34.0. The average molecular weight is 677 g/mol. The minimum Gasteiger partial charge on any atom is -0.462 e. The molecule has 0 aliphatic rings. The summed E-state index contributed by atoms with van der Waals surface area (Å²) in [5, 5.41) is 0. The van der Waals surface area contributed by atoms with Gasteiger partial charge in [-0.2, -0.15) is 0 Å². The van der Waals surface area contributed by atoms with Crippen molar-refractivity contribution in [1.29, 1.82) is 0 Å². The van der Waals surface area contributed by atoms with Crippen molar-refractivity contribution in [2.45, 2.75) is 213 Å². The van der Waals surface area contributed by atoms with Crippen molar-refractivity contribution >= 4 is 19.8 Å². The van der Waals surface area contributed by atoms with Crippen molar-refractivity contribution < 1.29 is 37.9 Å². The molecule has 2 N–H and O–H groups in total. The highest BCUT2D eigenvalue weighted by atomic mass is 31.2. The smallest absolute Gasteiger partial charge is 0.462 e. The van der Waals surface area contributed by atoms with Crippen LogP contribution in [0.1, 0.15) is 206 Å². The zero-order valence-corrected chi connectivity index (χ0v) is 30.9. The summed E-state index contributed by atoms with van der Waals surface area (Å²) in [7, 11) is -4.74. The summed E-state index contributed by atoms with van der Waals surface area (Å²) in [4.78, 5) is 42.6. The Hall–Kier alpha value is -0.950. The topological polar surface area (TPSA) is 119 Å². The van der Waals surface area contributed by atoms with Crippen molar-refractivity contribution in [1.82, 2.24) is 0 Å². The van der Waals surface area contributed by atoms with E-state index in [2.05, 4.69) is 18.4 Å². The van der Waals surface area contributed by atoms with E-state index in [9.17, 15) is 14.2 Å². The molecule has 9 heteroatoms. The molecule has 0 saturated heterocycles. The Morgan fingerprint density at radius 1 is 0.478 bits per heavy atom. The number of unbranched alkanes of at least 4 members (excludes halogenated alkanes) is 26. The van der Waals surface area contributed by atoms with Crippen LogP contribution < -0.4 is 0 Å². The molecule has 0 aliphatic carbocycles. The van der Waals surface area contributed by atoms with Gasteiger partial charge in [0.05, 0.1) is 6.61 Å². The zero-order valence-electron chi connectivity index (χ0n) is 30.0. The molecule has 0 radical (unpaired) electrons. The second kappa shape index (κ2) is 33.9. The van der Waals surface area contributed by atoms with Crippen LogP contribution in [-0.2, 0) is 28.2 Å². The van der Waals surface area contributed by atoms with Crippen LogP contribution in [0.3, 0.4) is 0 Å². The molecular formula is C37H73O8P. The molecule has 0 aliphatic heterocycles. The highest BCUT2D eigenvalue weighted by Crippen LogP contribution is 2.36. The molecule has 0 fully saturated rings. The van der Waals surface area contributed by atoms with Gasteiger partial charge in [-0.15, -0.1) is 0 Å². The Labute approximate surface area is 283 Å². The molecule has 1 atom stereocenters. The molecule has 0 bridgehead atoms. The lowest BCUT2D eigenvalue weighted by Crippen LogP contribution is -2.29. The first kappa shape index (κ1) is 45.0. The van der Waals surface area contributed by atoms with Crippen molar-refractivity contribution in [3.63, 3.8) is 0 Å². The highest BCUT2D eigenvalue weighted by molar-refractivity contribution is 7.46. The number of hydrogen-bond acceptors (Lipinski definition) is 6. The Bertz CT molecular complexity index is 726. The molecule has 0 unspecified atom stereocenters. The number of carbonyl (C=O) groups excluding carboxylic acids is 2. The molecule has 46 heavy (non-hydrogen) atoms. The van der Waals surface area contributed by atoms with Gasteiger partial charge in [0, 0.05) is 12.8 Å². The maximum absolute atomic E-state index is 12.3. The van der Waals surface area contributed by atoms with E-state index in [0.717, 1.165) is 38.5 Å². The lowest BCUT2D eigenvalue weighted by atomic mass is 10.0. The first-order valence-corrected chi connectivity index (χ1v) is 20.9. The second-order valence-electron chi connectivity index (χ2n) is 13.3. The monoisotopic (exact) mass is 677 g/mol.